The molecule has 0 heterocycles. The Hall–Kier alpha value is -2.69. The van der Waals surface area contributed by atoms with E-state index >= 15 is 0 Å². The summed E-state index contributed by atoms with van der Waals surface area (Å²) in [5, 5.41) is 9.09. The maximum absolute atomic E-state index is 11.1. The Morgan fingerprint density at radius 1 is 0.917 bits per heavy atom. The molecular weight excluding hydrogens is 308 g/mol. The van der Waals surface area contributed by atoms with E-state index in [4.69, 9.17) is 19.3 Å². The number of aromatic carboxylic acids is 1. The summed E-state index contributed by atoms with van der Waals surface area (Å²) in [5.74, 6) is 0.933. The van der Waals surface area contributed by atoms with Crippen molar-refractivity contribution >= 4 is 5.97 Å². The van der Waals surface area contributed by atoms with E-state index in [0.29, 0.717) is 22.8 Å². The number of hydrogen-bond acceptors (Lipinski definition) is 4. The number of carbonyl (C=O) groups is 1. The summed E-state index contributed by atoms with van der Waals surface area (Å²) in [6.45, 7) is 1.81. The second kappa shape index (κ2) is 7.73. The maximum Gasteiger partial charge on any atom is 0.335 e. The van der Waals surface area contributed by atoms with Gasteiger partial charge >= 0.3 is 5.97 Å². The monoisotopic (exact) mass is 330 g/mol. The number of aryl methyl sites for hydroxylation is 3. The molecule has 0 aliphatic heterocycles. The fourth-order valence-corrected chi connectivity index (χ4v) is 2.69. The van der Waals surface area contributed by atoms with Crippen LogP contribution in [0.25, 0.3) is 0 Å². The highest BCUT2D eigenvalue weighted by Gasteiger charge is 2.13. The minimum atomic E-state index is -0.899. The predicted molar refractivity (Wildman–Crippen MR) is 91.6 cm³/mol. The second-order valence-corrected chi connectivity index (χ2v) is 5.49. The first kappa shape index (κ1) is 17.7. The minimum absolute atomic E-state index is 0.339. The van der Waals surface area contributed by atoms with Crippen molar-refractivity contribution in [1.82, 2.24) is 0 Å². The van der Waals surface area contributed by atoms with Gasteiger partial charge in [0.2, 0.25) is 5.75 Å². The van der Waals surface area contributed by atoms with Gasteiger partial charge in [-0.3, -0.25) is 0 Å². The Bertz CT molecular complexity index is 712. The number of carboxylic acids is 1. The summed E-state index contributed by atoms with van der Waals surface area (Å²) < 4.78 is 16.0. The lowest BCUT2D eigenvalue weighted by Crippen LogP contribution is -2.01. The van der Waals surface area contributed by atoms with Crippen LogP contribution in [-0.4, -0.2) is 32.4 Å². The van der Waals surface area contributed by atoms with Crippen LogP contribution >= 0.6 is 0 Å². The molecule has 0 fully saturated rings. The van der Waals surface area contributed by atoms with Crippen LogP contribution in [-0.2, 0) is 12.8 Å². The molecule has 0 saturated heterocycles. The van der Waals surface area contributed by atoms with E-state index < -0.39 is 5.97 Å². The number of methoxy groups -OCH3 is 3. The van der Waals surface area contributed by atoms with Crippen molar-refractivity contribution in [3.05, 3.63) is 52.6 Å². The summed E-state index contributed by atoms with van der Waals surface area (Å²) in [6.07, 6.45) is 1.57. The molecule has 0 aliphatic rings. The lowest BCUT2D eigenvalue weighted by Gasteiger charge is -2.14. The Morgan fingerprint density at radius 2 is 1.50 bits per heavy atom. The second-order valence-electron chi connectivity index (χ2n) is 5.49. The first-order valence-electron chi connectivity index (χ1n) is 7.61. The third kappa shape index (κ3) is 3.79. The molecule has 0 radical (unpaired) electrons. The molecule has 5 heteroatoms. The minimum Gasteiger partial charge on any atom is -0.493 e. The van der Waals surface area contributed by atoms with Gasteiger partial charge < -0.3 is 19.3 Å². The summed E-state index contributed by atoms with van der Waals surface area (Å²) in [6, 6.07) is 9.29. The van der Waals surface area contributed by atoms with Crippen LogP contribution < -0.4 is 14.2 Å². The summed E-state index contributed by atoms with van der Waals surface area (Å²) in [7, 11) is 4.76. The zero-order valence-electron chi connectivity index (χ0n) is 14.4. The van der Waals surface area contributed by atoms with Crippen LogP contribution in [0.3, 0.4) is 0 Å². The molecule has 0 spiro atoms. The molecule has 2 aromatic rings. The van der Waals surface area contributed by atoms with E-state index in [9.17, 15) is 4.79 Å². The predicted octanol–water partition coefficient (Wildman–Crippen LogP) is 3.50. The van der Waals surface area contributed by atoms with E-state index in [1.807, 2.05) is 31.2 Å². The zero-order valence-corrected chi connectivity index (χ0v) is 14.4. The van der Waals surface area contributed by atoms with Gasteiger partial charge in [-0.05, 0) is 54.7 Å². The molecule has 0 bridgehead atoms. The Labute approximate surface area is 141 Å². The normalized spacial score (nSPS) is 10.3. The molecule has 0 amide bonds. The van der Waals surface area contributed by atoms with Crippen molar-refractivity contribution in [2.24, 2.45) is 0 Å². The number of hydrogen-bond donors (Lipinski definition) is 1. The van der Waals surface area contributed by atoms with Gasteiger partial charge in [-0.25, -0.2) is 4.79 Å². The van der Waals surface area contributed by atoms with E-state index in [0.717, 1.165) is 29.5 Å². The zero-order chi connectivity index (χ0) is 17.7. The molecule has 1 N–H and O–H groups in total. The molecule has 0 aliphatic carbocycles. The molecule has 0 saturated carbocycles. The largest absolute Gasteiger partial charge is 0.493 e. The fraction of sp³-hybridized carbons (Fsp3) is 0.316. The SMILES string of the molecule is COc1cc(CCc2ccc(C(=O)O)c(C)c2)cc(OC)c1OC. The quantitative estimate of drug-likeness (QED) is 0.841. The fourth-order valence-electron chi connectivity index (χ4n) is 2.69. The van der Waals surface area contributed by atoms with Crippen LogP contribution in [0.15, 0.2) is 30.3 Å². The van der Waals surface area contributed by atoms with Gasteiger partial charge in [0, 0.05) is 0 Å². The van der Waals surface area contributed by atoms with Crippen molar-refractivity contribution in [3.63, 3.8) is 0 Å². The summed E-state index contributed by atoms with van der Waals surface area (Å²) in [4.78, 5) is 11.1. The third-order valence-corrected chi connectivity index (χ3v) is 3.95. The van der Waals surface area contributed by atoms with E-state index in [2.05, 4.69) is 0 Å². The van der Waals surface area contributed by atoms with E-state index in [1.54, 1.807) is 27.4 Å². The van der Waals surface area contributed by atoms with Gasteiger partial charge in [0.15, 0.2) is 11.5 Å². The van der Waals surface area contributed by atoms with Gasteiger partial charge in [0.05, 0.1) is 26.9 Å². The molecule has 5 nitrogen and oxygen atoms in total. The molecule has 2 aromatic carbocycles. The van der Waals surface area contributed by atoms with Crippen molar-refractivity contribution < 1.29 is 24.1 Å². The Morgan fingerprint density at radius 3 is 1.96 bits per heavy atom. The highest BCUT2D eigenvalue weighted by molar-refractivity contribution is 5.89. The standard InChI is InChI=1S/C19H22O5/c1-12-9-13(7-8-15(12)19(20)21)5-6-14-10-16(22-2)18(24-4)17(11-14)23-3/h7-11H,5-6H2,1-4H3,(H,20,21). The molecular formula is C19H22O5. The molecule has 0 atom stereocenters. The van der Waals surface area contributed by atoms with E-state index in [1.165, 1.54) is 0 Å². The van der Waals surface area contributed by atoms with Crippen LogP contribution in [0.1, 0.15) is 27.0 Å². The first-order valence-corrected chi connectivity index (χ1v) is 7.61. The average Bonchev–Trinajstić information content (AvgIpc) is 2.58. The smallest absolute Gasteiger partial charge is 0.335 e. The molecule has 128 valence electrons. The summed E-state index contributed by atoms with van der Waals surface area (Å²) >= 11 is 0. The van der Waals surface area contributed by atoms with Crippen molar-refractivity contribution in [2.45, 2.75) is 19.8 Å². The van der Waals surface area contributed by atoms with Gasteiger partial charge in [-0.2, -0.15) is 0 Å². The third-order valence-electron chi connectivity index (χ3n) is 3.95. The van der Waals surface area contributed by atoms with Crippen LogP contribution in [0, 0.1) is 6.92 Å². The highest BCUT2D eigenvalue weighted by atomic mass is 16.5. The number of carboxylic acid groups (broad SMARTS) is 1. The maximum atomic E-state index is 11.1. The van der Waals surface area contributed by atoms with Crippen LogP contribution in [0.4, 0.5) is 0 Å². The van der Waals surface area contributed by atoms with Gasteiger partial charge in [-0.1, -0.05) is 12.1 Å². The number of benzene rings is 2. The van der Waals surface area contributed by atoms with Crippen molar-refractivity contribution in [2.75, 3.05) is 21.3 Å². The first-order chi connectivity index (χ1) is 11.5. The topological polar surface area (TPSA) is 65.0 Å². The van der Waals surface area contributed by atoms with Crippen LogP contribution in [0.5, 0.6) is 17.2 Å². The molecule has 24 heavy (non-hydrogen) atoms. The van der Waals surface area contributed by atoms with Gasteiger partial charge in [-0.15, -0.1) is 0 Å². The Balaban J connectivity index is 2.20. The summed E-state index contributed by atoms with van der Waals surface area (Å²) in [5.41, 5.74) is 3.26. The molecule has 0 aromatic heterocycles. The van der Waals surface area contributed by atoms with Crippen molar-refractivity contribution in [3.8, 4) is 17.2 Å². The average molecular weight is 330 g/mol. The lowest BCUT2D eigenvalue weighted by molar-refractivity contribution is 0.0696. The van der Waals surface area contributed by atoms with Crippen molar-refractivity contribution in [1.29, 1.82) is 0 Å². The highest BCUT2D eigenvalue weighted by Crippen LogP contribution is 2.38. The Kier molecular flexibility index (Phi) is 5.68. The molecule has 0 unspecified atom stereocenters. The van der Waals surface area contributed by atoms with Crippen LogP contribution in [0.2, 0.25) is 0 Å². The van der Waals surface area contributed by atoms with Gasteiger partial charge in [0.25, 0.3) is 0 Å². The number of ether oxygens (including phenoxy) is 3. The van der Waals surface area contributed by atoms with E-state index in [-0.39, 0.29) is 0 Å². The lowest BCUT2D eigenvalue weighted by atomic mass is 9.99. The molecule has 2 rings (SSSR count). The van der Waals surface area contributed by atoms with Gasteiger partial charge in [0.1, 0.15) is 0 Å². The number of rotatable bonds is 7.